The third kappa shape index (κ3) is 10.7. The van der Waals surface area contributed by atoms with Crippen LogP contribution in [0.25, 0.3) is 0 Å². The van der Waals surface area contributed by atoms with Gasteiger partial charge >= 0.3 is 0 Å². The van der Waals surface area contributed by atoms with E-state index >= 15 is 0 Å². The fourth-order valence-electron chi connectivity index (χ4n) is 4.01. The number of quaternary nitrogens is 1. The molecule has 0 heterocycles. The van der Waals surface area contributed by atoms with Crippen molar-refractivity contribution in [3.05, 3.63) is 114 Å². The molecule has 37 heavy (non-hydrogen) atoms. The molecule has 0 unspecified atom stereocenters. The van der Waals surface area contributed by atoms with Gasteiger partial charge in [0, 0.05) is 29.7 Å². The van der Waals surface area contributed by atoms with E-state index in [9.17, 15) is 17.8 Å². The summed E-state index contributed by atoms with van der Waals surface area (Å²) < 4.78 is 32.1. The van der Waals surface area contributed by atoms with Crippen molar-refractivity contribution in [1.29, 1.82) is 0 Å². The molecule has 0 bridgehead atoms. The van der Waals surface area contributed by atoms with Gasteiger partial charge in [0.25, 0.3) is 0 Å². The van der Waals surface area contributed by atoms with Gasteiger partial charge in [0.1, 0.15) is 23.2 Å². The van der Waals surface area contributed by atoms with Crippen LogP contribution in [0.5, 0.6) is 0 Å². The highest BCUT2D eigenvalue weighted by atomic mass is 32.2. The Morgan fingerprint density at radius 2 is 1.38 bits per heavy atom. The van der Waals surface area contributed by atoms with Crippen molar-refractivity contribution in [1.82, 2.24) is 5.32 Å². The maximum absolute atomic E-state index is 11.7. The van der Waals surface area contributed by atoms with Gasteiger partial charge in [-0.3, -0.25) is 4.79 Å². The SMILES string of the molecule is C=C(C)C(=O)NCCC[N+](CC)(Cc1ccccc1)Cc1ccccc1.Cc1ccc(S(=O)(=O)[O-])cc1. The van der Waals surface area contributed by atoms with Crippen LogP contribution in [0.15, 0.2) is 102 Å². The number of nitrogens with one attached hydrogen (secondary N) is 1. The lowest BCUT2D eigenvalue weighted by atomic mass is 10.1. The summed E-state index contributed by atoms with van der Waals surface area (Å²) in [4.78, 5) is 11.5. The lowest BCUT2D eigenvalue weighted by Gasteiger charge is -2.38. The zero-order valence-corrected chi connectivity index (χ0v) is 22.8. The molecule has 3 rings (SSSR count). The Morgan fingerprint density at radius 3 is 1.78 bits per heavy atom. The number of nitrogens with zero attached hydrogens (tertiary/aromatic N) is 1. The van der Waals surface area contributed by atoms with Crippen molar-refractivity contribution in [2.75, 3.05) is 19.6 Å². The maximum atomic E-state index is 11.7. The van der Waals surface area contributed by atoms with Gasteiger partial charge in [-0.1, -0.05) is 84.9 Å². The van der Waals surface area contributed by atoms with Crippen LogP contribution >= 0.6 is 0 Å². The molecule has 0 aliphatic heterocycles. The van der Waals surface area contributed by atoms with Gasteiger partial charge in [-0.15, -0.1) is 0 Å². The third-order valence-corrected chi connectivity index (χ3v) is 7.03. The van der Waals surface area contributed by atoms with Gasteiger partial charge in [-0.2, -0.15) is 0 Å². The largest absolute Gasteiger partial charge is 0.744 e. The van der Waals surface area contributed by atoms with Gasteiger partial charge < -0.3 is 14.4 Å². The normalized spacial score (nSPS) is 11.2. The van der Waals surface area contributed by atoms with Crippen molar-refractivity contribution in [3.8, 4) is 0 Å². The van der Waals surface area contributed by atoms with Crippen LogP contribution in [-0.4, -0.2) is 43.0 Å². The Morgan fingerprint density at radius 1 is 0.892 bits per heavy atom. The first-order chi connectivity index (χ1) is 17.5. The summed E-state index contributed by atoms with van der Waals surface area (Å²) in [6, 6.07) is 27.2. The summed E-state index contributed by atoms with van der Waals surface area (Å²) in [6.07, 6.45) is 0.951. The summed E-state index contributed by atoms with van der Waals surface area (Å²) in [6.45, 7) is 14.3. The van der Waals surface area contributed by atoms with Crippen LogP contribution < -0.4 is 5.32 Å². The summed E-state index contributed by atoms with van der Waals surface area (Å²) >= 11 is 0. The van der Waals surface area contributed by atoms with E-state index in [1.807, 2.05) is 6.92 Å². The molecule has 0 fully saturated rings. The Kier molecular flexibility index (Phi) is 11.7. The van der Waals surface area contributed by atoms with Gasteiger partial charge in [0.15, 0.2) is 0 Å². The highest BCUT2D eigenvalue weighted by Gasteiger charge is 2.26. The quantitative estimate of drug-likeness (QED) is 0.162. The van der Waals surface area contributed by atoms with Crippen LogP contribution in [-0.2, 0) is 28.0 Å². The summed E-state index contributed by atoms with van der Waals surface area (Å²) in [5.41, 5.74) is 4.21. The average Bonchev–Trinajstić information content (AvgIpc) is 2.87. The van der Waals surface area contributed by atoms with Crippen LogP contribution in [0.3, 0.4) is 0 Å². The number of aryl methyl sites for hydroxylation is 1. The number of carbonyl (C=O) groups excluding carboxylic acids is 1. The van der Waals surface area contributed by atoms with Crippen molar-refractivity contribution in [3.63, 3.8) is 0 Å². The highest BCUT2D eigenvalue weighted by Crippen LogP contribution is 2.20. The summed E-state index contributed by atoms with van der Waals surface area (Å²) in [5, 5.41) is 2.96. The van der Waals surface area contributed by atoms with Crippen LogP contribution in [0, 0.1) is 6.92 Å². The Bertz CT molecular complexity index is 1180. The van der Waals surface area contributed by atoms with Crippen LogP contribution in [0.2, 0.25) is 0 Å². The van der Waals surface area contributed by atoms with Gasteiger partial charge in [0.05, 0.1) is 18.0 Å². The number of carbonyl (C=O) groups is 1. The summed E-state index contributed by atoms with van der Waals surface area (Å²) in [7, 11) is -4.27. The van der Waals surface area contributed by atoms with E-state index in [1.165, 1.54) is 23.3 Å². The minimum absolute atomic E-state index is 0.0503. The summed E-state index contributed by atoms with van der Waals surface area (Å²) in [5.74, 6) is -0.0503. The van der Waals surface area contributed by atoms with E-state index in [0.717, 1.165) is 42.6 Å². The minimum Gasteiger partial charge on any atom is -0.744 e. The zero-order valence-electron chi connectivity index (χ0n) is 22.0. The molecule has 6 nitrogen and oxygen atoms in total. The lowest BCUT2D eigenvalue weighted by molar-refractivity contribution is -0.952. The molecule has 3 aromatic carbocycles. The molecular formula is C30H38N2O4S. The lowest BCUT2D eigenvalue weighted by Crippen LogP contribution is -2.47. The molecule has 0 saturated heterocycles. The van der Waals surface area contributed by atoms with Crippen molar-refractivity contribution in [2.24, 2.45) is 0 Å². The standard InChI is InChI=1S/C23H30N2O.C7H8O3S/c1-4-25(18-21-12-7-5-8-13-21,19-22-14-9-6-10-15-22)17-11-16-24-23(26)20(2)3;1-6-2-4-7(5-3-6)11(8,9)10/h5-10,12-15H,2,4,11,16-19H2,1,3H3;2-5H,1H3,(H,8,9,10). The second-order valence-electron chi connectivity index (χ2n) is 9.33. The van der Waals surface area contributed by atoms with Gasteiger partial charge in [-0.25, -0.2) is 8.42 Å². The van der Waals surface area contributed by atoms with E-state index in [4.69, 9.17) is 0 Å². The fraction of sp³-hybridized carbons (Fsp3) is 0.300. The first kappa shape index (κ1) is 30.0. The second kappa shape index (κ2) is 14.5. The van der Waals surface area contributed by atoms with Crippen molar-refractivity contribution >= 4 is 16.0 Å². The minimum atomic E-state index is -4.27. The molecule has 0 radical (unpaired) electrons. The number of hydrogen-bond donors (Lipinski definition) is 1. The molecule has 198 valence electrons. The van der Waals surface area contributed by atoms with Crippen LogP contribution in [0.1, 0.15) is 37.0 Å². The molecule has 1 N–H and O–H groups in total. The van der Waals surface area contributed by atoms with E-state index in [-0.39, 0.29) is 10.8 Å². The highest BCUT2D eigenvalue weighted by molar-refractivity contribution is 7.85. The predicted molar refractivity (Wildman–Crippen MR) is 148 cm³/mol. The number of hydrogen-bond acceptors (Lipinski definition) is 4. The average molecular weight is 523 g/mol. The Balaban J connectivity index is 0.000000364. The van der Waals surface area contributed by atoms with E-state index < -0.39 is 10.1 Å². The monoisotopic (exact) mass is 522 g/mol. The molecule has 3 aromatic rings. The maximum Gasteiger partial charge on any atom is 0.246 e. The van der Waals surface area contributed by atoms with E-state index in [2.05, 4.69) is 79.5 Å². The smallest absolute Gasteiger partial charge is 0.246 e. The van der Waals surface area contributed by atoms with E-state index in [0.29, 0.717) is 12.1 Å². The molecule has 0 aliphatic carbocycles. The Labute approximate surface area is 222 Å². The first-order valence-electron chi connectivity index (χ1n) is 12.4. The van der Waals surface area contributed by atoms with E-state index in [1.54, 1.807) is 19.1 Å². The topological polar surface area (TPSA) is 86.3 Å². The molecule has 0 aliphatic rings. The van der Waals surface area contributed by atoms with Crippen molar-refractivity contribution < 1.29 is 22.2 Å². The third-order valence-electron chi connectivity index (χ3n) is 6.18. The fourth-order valence-corrected chi connectivity index (χ4v) is 4.48. The predicted octanol–water partition coefficient (Wildman–Crippen LogP) is 5.21. The first-order valence-corrected chi connectivity index (χ1v) is 13.8. The second-order valence-corrected chi connectivity index (χ2v) is 10.7. The molecule has 0 spiro atoms. The van der Waals surface area contributed by atoms with Crippen LogP contribution in [0.4, 0.5) is 0 Å². The van der Waals surface area contributed by atoms with Gasteiger partial charge in [-0.05, 0) is 32.9 Å². The number of rotatable bonds is 11. The number of amides is 1. The molecule has 1 amide bonds. The molecule has 0 aromatic heterocycles. The van der Waals surface area contributed by atoms with Crippen molar-refractivity contribution in [2.45, 2.75) is 45.2 Å². The molecular weight excluding hydrogens is 484 g/mol. The zero-order chi connectivity index (χ0) is 27.3. The Hall–Kier alpha value is -3.26. The number of benzene rings is 3. The van der Waals surface area contributed by atoms with Gasteiger partial charge in [0.2, 0.25) is 5.91 Å². The molecule has 7 heteroatoms. The molecule has 0 saturated carbocycles. The molecule has 0 atom stereocenters.